The molecule has 0 aliphatic rings. The van der Waals surface area contributed by atoms with Crippen molar-refractivity contribution in [3.8, 4) is 5.75 Å². The summed E-state index contributed by atoms with van der Waals surface area (Å²) >= 11 is 0. The molecule has 15 heavy (non-hydrogen) atoms. The molecule has 0 saturated heterocycles. The highest BCUT2D eigenvalue weighted by atomic mass is 16.6. The summed E-state index contributed by atoms with van der Waals surface area (Å²) in [6.07, 6.45) is 1.58. The van der Waals surface area contributed by atoms with Crippen molar-refractivity contribution in [2.45, 2.75) is 12.7 Å². The van der Waals surface area contributed by atoms with Crippen molar-refractivity contribution in [2.24, 2.45) is 0 Å². The van der Waals surface area contributed by atoms with E-state index in [9.17, 15) is 5.11 Å². The maximum Gasteiger partial charge on any atom is 0.197 e. The molecule has 0 fully saturated rings. The summed E-state index contributed by atoms with van der Waals surface area (Å²) in [5.41, 5.74) is 0. The fourth-order valence-corrected chi connectivity index (χ4v) is 1.01. The van der Waals surface area contributed by atoms with Crippen molar-refractivity contribution in [3.05, 3.63) is 43.0 Å². The zero-order valence-electron chi connectivity index (χ0n) is 8.85. The summed E-state index contributed by atoms with van der Waals surface area (Å²) in [5, 5.41) is 9.71. The van der Waals surface area contributed by atoms with Gasteiger partial charge in [-0.25, -0.2) is 0 Å². The minimum atomic E-state index is -1.29. The van der Waals surface area contributed by atoms with Gasteiger partial charge < -0.3 is 14.6 Å². The molecule has 3 heteroatoms. The molecule has 82 valence electrons. The first-order valence-corrected chi connectivity index (χ1v) is 4.79. The van der Waals surface area contributed by atoms with Gasteiger partial charge in [0.25, 0.3) is 0 Å². The van der Waals surface area contributed by atoms with E-state index in [1.54, 1.807) is 13.0 Å². The van der Waals surface area contributed by atoms with Gasteiger partial charge in [0.05, 0.1) is 6.61 Å². The first-order chi connectivity index (χ1) is 7.14. The quantitative estimate of drug-likeness (QED) is 0.574. The van der Waals surface area contributed by atoms with Crippen LogP contribution in [0.15, 0.2) is 43.0 Å². The van der Waals surface area contributed by atoms with Crippen LogP contribution in [0.2, 0.25) is 0 Å². The molecule has 1 unspecified atom stereocenters. The number of ether oxygens (including phenoxy) is 2. The van der Waals surface area contributed by atoms with Gasteiger partial charge in [-0.3, -0.25) is 0 Å². The van der Waals surface area contributed by atoms with E-state index >= 15 is 0 Å². The monoisotopic (exact) mass is 208 g/mol. The van der Waals surface area contributed by atoms with E-state index in [-0.39, 0.29) is 6.61 Å². The number of benzene rings is 1. The Morgan fingerprint density at radius 2 is 2.07 bits per heavy atom. The Morgan fingerprint density at radius 3 is 2.67 bits per heavy atom. The molecule has 0 aliphatic heterocycles. The van der Waals surface area contributed by atoms with E-state index in [0.717, 1.165) is 0 Å². The lowest BCUT2D eigenvalue weighted by atomic mass is 10.3. The highest BCUT2D eigenvalue weighted by Gasteiger charge is 2.21. The molecule has 0 aliphatic carbocycles. The molecule has 1 N–H and O–H groups in total. The molecule has 0 heterocycles. The second-order valence-corrected chi connectivity index (χ2v) is 3.38. The molecule has 1 aromatic rings. The highest BCUT2D eigenvalue weighted by Crippen LogP contribution is 2.12. The Kier molecular flexibility index (Phi) is 4.34. The van der Waals surface area contributed by atoms with Crippen LogP contribution in [0.4, 0.5) is 0 Å². The molecule has 0 amide bonds. The van der Waals surface area contributed by atoms with E-state index < -0.39 is 5.79 Å². The Hall–Kier alpha value is -1.32. The number of rotatable bonds is 6. The molecule has 1 rings (SSSR count). The van der Waals surface area contributed by atoms with Gasteiger partial charge in [-0.2, -0.15) is 0 Å². The second kappa shape index (κ2) is 5.53. The molecule has 0 saturated carbocycles. The minimum Gasteiger partial charge on any atom is -0.488 e. The first kappa shape index (κ1) is 11.8. The predicted molar refractivity (Wildman–Crippen MR) is 58.7 cm³/mol. The van der Waals surface area contributed by atoms with Crippen molar-refractivity contribution < 1.29 is 14.6 Å². The zero-order valence-corrected chi connectivity index (χ0v) is 8.85. The lowest BCUT2D eigenvalue weighted by molar-refractivity contribution is -0.199. The molecule has 1 atom stereocenters. The predicted octanol–water partition coefficient (Wildman–Crippen LogP) is 1.98. The smallest absolute Gasteiger partial charge is 0.197 e. The molecule has 0 aromatic heterocycles. The van der Waals surface area contributed by atoms with Gasteiger partial charge >= 0.3 is 0 Å². The van der Waals surface area contributed by atoms with Gasteiger partial charge in [-0.1, -0.05) is 24.3 Å². The topological polar surface area (TPSA) is 38.7 Å². The molecule has 3 nitrogen and oxygen atoms in total. The fraction of sp³-hybridized carbons (Fsp3) is 0.333. The van der Waals surface area contributed by atoms with Gasteiger partial charge in [-0.05, 0) is 19.1 Å². The van der Waals surface area contributed by atoms with Gasteiger partial charge in [0.1, 0.15) is 12.4 Å². The summed E-state index contributed by atoms with van der Waals surface area (Å²) in [6.45, 7) is 5.45. The van der Waals surface area contributed by atoms with E-state index in [0.29, 0.717) is 12.4 Å². The van der Waals surface area contributed by atoms with Crippen molar-refractivity contribution >= 4 is 0 Å². The van der Waals surface area contributed by atoms with Crippen LogP contribution in [0.5, 0.6) is 5.75 Å². The Balaban J connectivity index is 2.39. The third-order valence-corrected chi connectivity index (χ3v) is 1.76. The van der Waals surface area contributed by atoms with Gasteiger partial charge in [0.2, 0.25) is 0 Å². The zero-order chi connectivity index (χ0) is 11.1. The lowest BCUT2D eigenvalue weighted by Gasteiger charge is -2.23. The van der Waals surface area contributed by atoms with Crippen LogP contribution in [0.1, 0.15) is 6.92 Å². The number of hydrogen-bond donors (Lipinski definition) is 1. The van der Waals surface area contributed by atoms with Crippen LogP contribution in [-0.2, 0) is 4.74 Å². The van der Waals surface area contributed by atoms with Crippen LogP contribution in [0.3, 0.4) is 0 Å². The van der Waals surface area contributed by atoms with Crippen LogP contribution in [-0.4, -0.2) is 24.1 Å². The lowest BCUT2D eigenvalue weighted by Crippen LogP contribution is -2.35. The molecule has 0 bridgehead atoms. The number of aliphatic hydroxyl groups is 1. The van der Waals surface area contributed by atoms with Crippen molar-refractivity contribution in [1.82, 2.24) is 0 Å². The van der Waals surface area contributed by atoms with E-state index in [4.69, 9.17) is 9.47 Å². The largest absolute Gasteiger partial charge is 0.488 e. The summed E-state index contributed by atoms with van der Waals surface area (Å²) in [6, 6.07) is 9.29. The Bertz CT molecular complexity index is 293. The van der Waals surface area contributed by atoms with Crippen LogP contribution in [0, 0.1) is 0 Å². The standard InChI is InChI=1S/C12H16O3/c1-3-9-15-12(2,13)10-14-11-7-5-4-6-8-11/h3-8,13H,1,9-10H2,2H3. The molecule has 0 spiro atoms. The van der Waals surface area contributed by atoms with Crippen LogP contribution < -0.4 is 4.74 Å². The second-order valence-electron chi connectivity index (χ2n) is 3.38. The van der Waals surface area contributed by atoms with Crippen molar-refractivity contribution in [1.29, 1.82) is 0 Å². The SMILES string of the molecule is C=CCOC(C)(O)COc1ccccc1. The molecular formula is C12H16O3. The highest BCUT2D eigenvalue weighted by molar-refractivity contribution is 5.20. The number of hydrogen-bond acceptors (Lipinski definition) is 3. The Labute approximate surface area is 90.0 Å². The normalized spacial score (nSPS) is 14.3. The van der Waals surface area contributed by atoms with E-state index in [2.05, 4.69) is 6.58 Å². The summed E-state index contributed by atoms with van der Waals surface area (Å²) in [4.78, 5) is 0. The van der Waals surface area contributed by atoms with Crippen LogP contribution in [0.25, 0.3) is 0 Å². The van der Waals surface area contributed by atoms with Gasteiger partial charge in [0.15, 0.2) is 5.79 Å². The van der Waals surface area contributed by atoms with Crippen LogP contribution >= 0.6 is 0 Å². The van der Waals surface area contributed by atoms with Crippen molar-refractivity contribution in [2.75, 3.05) is 13.2 Å². The van der Waals surface area contributed by atoms with Crippen molar-refractivity contribution in [3.63, 3.8) is 0 Å². The fourth-order valence-electron chi connectivity index (χ4n) is 1.01. The Morgan fingerprint density at radius 1 is 1.40 bits per heavy atom. The average molecular weight is 208 g/mol. The summed E-state index contributed by atoms with van der Waals surface area (Å²) < 4.78 is 10.5. The third-order valence-electron chi connectivity index (χ3n) is 1.76. The summed E-state index contributed by atoms with van der Waals surface area (Å²) in [5.74, 6) is -0.579. The summed E-state index contributed by atoms with van der Waals surface area (Å²) in [7, 11) is 0. The molecule has 1 aromatic carbocycles. The number of para-hydroxylation sites is 1. The first-order valence-electron chi connectivity index (χ1n) is 4.79. The van der Waals surface area contributed by atoms with E-state index in [1.165, 1.54) is 0 Å². The van der Waals surface area contributed by atoms with Gasteiger partial charge in [-0.15, -0.1) is 6.58 Å². The third kappa shape index (κ3) is 4.63. The van der Waals surface area contributed by atoms with E-state index in [1.807, 2.05) is 30.3 Å². The molecule has 0 radical (unpaired) electrons. The maximum atomic E-state index is 9.71. The minimum absolute atomic E-state index is 0.0881. The maximum absolute atomic E-state index is 9.71. The average Bonchev–Trinajstić information content (AvgIpc) is 2.25. The van der Waals surface area contributed by atoms with Gasteiger partial charge in [0, 0.05) is 0 Å². The molecular weight excluding hydrogens is 192 g/mol.